The molecular formula is C23H30N2O6S. The van der Waals surface area contributed by atoms with E-state index in [1.807, 2.05) is 31.2 Å². The molecule has 1 aliphatic rings. The summed E-state index contributed by atoms with van der Waals surface area (Å²) in [6, 6.07) is 12.4. The Morgan fingerprint density at radius 3 is 2.66 bits per heavy atom. The maximum absolute atomic E-state index is 13.0. The van der Waals surface area contributed by atoms with E-state index in [0.29, 0.717) is 57.2 Å². The lowest BCUT2D eigenvalue weighted by atomic mass is 10.1. The third kappa shape index (κ3) is 6.21. The van der Waals surface area contributed by atoms with Crippen molar-refractivity contribution >= 4 is 15.9 Å². The molecule has 1 fully saturated rings. The lowest BCUT2D eigenvalue weighted by Crippen LogP contribution is -2.40. The summed E-state index contributed by atoms with van der Waals surface area (Å²) in [5.41, 5.74) is 1.62. The third-order valence-electron chi connectivity index (χ3n) is 5.18. The van der Waals surface area contributed by atoms with Gasteiger partial charge in [0.05, 0.1) is 31.8 Å². The van der Waals surface area contributed by atoms with Crippen LogP contribution in [-0.4, -0.2) is 58.7 Å². The predicted molar refractivity (Wildman–Crippen MR) is 120 cm³/mol. The zero-order valence-corrected chi connectivity index (χ0v) is 19.3. The van der Waals surface area contributed by atoms with E-state index in [1.165, 1.54) is 11.4 Å². The number of nitrogens with one attached hydrogen (secondary N) is 1. The predicted octanol–water partition coefficient (Wildman–Crippen LogP) is 2.36. The van der Waals surface area contributed by atoms with E-state index < -0.39 is 10.0 Å². The average Bonchev–Trinajstić information content (AvgIpc) is 2.82. The summed E-state index contributed by atoms with van der Waals surface area (Å²) in [6.07, 6.45) is 0.572. The molecular weight excluding hydrogens is 432 g/mol. The van der Waals surface area contributed by atoms with Crippen LogP contribution in [0.1, 0.15) is 24.5 Å². The minimum Gasteiger partial charge on any atom is -0.496 e. The van der Waals surface area contributed by atoms with E-state index in [4.69, 9.17) is 14.2 Å². The lowest BCUT2D eigenvalue weighted by Gasteiger charge is -2.26. The summed E-state index contributed by atoms with van der Waals surface area (Å²) in [5, 5.41) is 2.90. The normalized spacial score (nSPS) is 14.7. The monoisotopic (exact) mass is 462 g/mol. The first-order valence-corrected chi connectivity index (χ1v) is 12.1. The number of carbonyl (C=O) groups is 1. The molecule has 8 nitrogen and oxygen atoms in total. The third-order valence-corrected chi connectivity index (χ3v) is 7.07. The van der Waals surface area contributed by atoms with Gasteiger partial charge in [-0.3, -0.25) is 4.79 Å². The highest BCUT2D eigenvalue weighted by Gasteiger charge is 2.27. The van der Waals surface area contributed by atoms with Crippen LogP contribution in [0.5, 0.6) is 11.5 Å². The molecule has 0 saturated carbocycles. The highest BCUT2D eigenvalue weighted by atomic mass is 32.2. The standard InChI is InChI=1S/C23H30N2O6S/c1-3-31-20-6-4-5-18(15-20)17-24-23(26)10-7-19-16-21(8-9-22(19)29-2)32(27,28)25-11-13-30-14-12-25/h4-6,8-9,15-16H,3,7,10-14,17H2,1-2H3,(H,24,26). The molecule has 2 aromatic carbocycles. The Balaban J connectivity index is 1.63. The number of sulfonamides is 1. The summed E-state index contributed by atoms with van der Waals surface area (Å²) in [7, 11) is -2.09. The summed E-state index contributed by atoms with van der Waals surface area (Å²) in [4.78, 5) is 12.6. The average molecular weight is 463 g/mol. The second-order valence-corrected chi connectivity index (χ2v) is 9.29. The molecule has 0 atom stereocenters. The molecule has 0 aliphatic carbocycles. The van der Waals surface area contributed by atoms with Crippen molar-refractivity contribution in [3.8, 4) is 11.5 Å². The number of methoxy groups -OCH3 is 1. The number of amides is 1. The van der Waals surface area contributed by atoms with Crippen LogP contribution < -0.4 is 14.8 Å². The van der Waals surface area contributed by atoms with Gasteiger partial charge in [0.2, 0.25) is 15.9 Å². The molecule has 0 aromatic heterocycles. The Hall–Kier alpha value is -2.62. The van der Waals surface area contributed by atoms with Crippen molar-refractivity contribution in [3.05, 3.63) is 53.6 Å². The SMILES string of the molecule is CCOc1cccc(CNC(=O)CCc2cc(S(=O)(=O)N3CCOCC3)ccc2OC)c1. The largest absolute Gasteiger partial charge is 0.496 e. The van der Waals surface area contributed by atoms with Gasteiger partial charge < -0.3 is 19.5 Å². The maximum atomic E-state index is 13.0. The number of rotatable bonds is 10. The first kappa shape index (κ1) is 24.0. The Morgan fingerprint density at radius 1 is 1.16 bits per heavy atom. The van der Waals surface area contributed by atoms with Crippen LogP contribution in [0, 0.1) is 0 Å². The molecule has 1 heterocycles. The maximum Gasteiger partial charge on any atom is 0.243 e. The van der Waals surface area contributed by atoms with E-state index in [-0.39, 0.29) is 17.2 Å². The van der Waals surface area contributed by atoms with E-state index in [2.05, 4.69) is 5.32 Å². The molecule has 0 spiro atoms. The van der Waals surface area contributed by atoms with Crippen molar-refractivity contribution in [3.63, 3.8) is 0 Å². The van der Waals surface area contributed by atoms with Crippen LogP contribution >= 0.6 is 0 Å². The van der Waals surface area contributed by atoms with Crippen molar-refractivity contribution in [1.29, 1.82) is 0 Å². The summed E-state index contributed by atoms with van der Waals surface area (Å²) < 4.78 is 43.4. The fraction of sp³-hybridized carbons (Fsp3) is 0.435. The van der Waals surface area contributed by atoms with Gasteiger partial charge in [0.15, 0.2) is 0 Å². The lowest BCUT2D eigenvalue weighted by molar-refractivity contribution is -0.121. The van der Waals surface area contributed by atoms with Crippen molar-refractivity contribution in [2.24, 2.45) is 0 Å². The van der Waals surface area contributed by atoms with Crippen LogP contribution in [0.3, 0.4) is 0 Å². The fourth-order valence-electron chi connectivity index (χ4n) is 3.50. The molecule has 0 bridgehead atoms. The number of nitrogens with zero attached hydrogens (tertiary/aromatic N) is 1. The summed E-state index contributed by atoms with van der Waals surface area (Å²) >= 11 is 0. The van der Waals surface area contributed by atoms with Crippen molar-refractivity contribution in [2.45, 2.75) is 31.2 Å². The molecule has 1 saturated heterocycles. The van der Waals surface area contributed by atoms with Crippen LogP contribution in [0.15, 0.2) is 47.4 Å². The smallest absolute Gasteiger partial charge is 0.243 e. The van der Waals surface area contributed by atoms with Gasteiger partial charge in [-0.15, -0.1) is 0 Å². The quantitative estimate of drug-likeness (QED) is 0.583. The highest BCUT2D eigenvalue weighted by Crippen LogP contribution is 2.26. The highest BCUT2D eigenvalue weighted by molar-refractivity contribution is 7.89. The number of hydrogen-bond donors (Lipinski definition) is 1. The minimum atomic E-state index is -3.62. The van der Waals surface area contributed by atoms with Gasteiger partial charge in [-0.25, -0.2) is 8.42 Å². The Kier molecular flexibility index (Phi) is 8.49. The second-order valence-electron chi connectivity index (χ2n) is 7.35. The van der Waals surface area contributed by atoms with E-state index in [1.54, 1.807) is 18.2 Å². The molecule has 0 radical (unpaired) electrons. The molecule has 0 unspecified atom stereocenters. The van der Waals surface area contributed by atoms with Gasteiger partial charge in [0, 0.05) is 26.1 Å². The van der Waals surface area contributed by atoms with E-state index >= 15 is 0 Å². The second kappa shape index (κ2) is 11.3. The van der Waals surface area contributed by atoms with Gasteiger partial charge in [-0.1, -0.05) is 12.1 Å². The molecule has 1 amide bonds. The Morgan fingerprint density at radius 2 is 1.94 bits per heavy atom. The summed E-state index contributed by atoms with van der Waals surface area (Å²) in [6.45, 7) is 4.32. The van der Waals surface area contributed by atoms with Crippen molar-refractivity contribution in [2.75, 3.05) is 40.0 Å². The number of ether oxygens (including phenoxy) is 3. The molecule has 9 heteroatoms. The zero-order valence-electron chi connectivity index (χ0n) is 18.5. The number of benzene rings is 2. The summed E-state index contributed by atoms with van der Waals surface area (Å²) in [5.74, 6) is 1.20. The number of carbonyl (C=O) groups excluding carboxylic acids is 1. The van der Waals surface area contributed by atoms with Crippen molar-refractivity contribution < 1.29 is 27.4 Å². The first-order valence-electron chi connectivity index (χ1n) is 10.7. The molecule has 1 aliphatic heterocycles. The van der Waals surface area contributed by atoms with Crippen LogP contribution in [0.25, 0.3) is 0 Å². The topological polar surface area (TPSA) is 94.2 Å². The number of hydrogen-bond acceptors (Lipinski definition) is 6. The van der Waals surface area contributed by atoms with E-state index in [9.17, 15) is 13.2 Å². The van der Waals surface area contributed by atoms with Crippen molar-refractivity contribution in [1.82, 2.24) is 9.62 Å². The fourth-order valence-corrected chi connectivity index (χ4v) is 4.96. The molecule has 1 N–H and O–H groups in total. The Bertz CT molecular complexity index is 1020. The molecule has 3 rings (SSSR count). The van der Waals surface area contributed by atoms with Crippen LogP contribution in [-0.2, 0) is 32.5 Å². The molecule has 32 heavy (non-hydrogen) atoms. The van der Waals surface area contributed by atoms with Crippen LogP contribution in [0.4, 0.5) is 0 Å². The zero-order chi connectivity index (χ0) is 23.0. The minimum absolute atomic E-state index is 0.129. The van der Waals surface area contributed by atoms with E-state index in [0.717, 1.165) is 11.3 Å². The van der Waals surface area contributed by atoms with Gasteiger partial charge in [0.25, 0.3) is 0 Å². The Labute approximate surface area is 189 Å². The number of aryl methyl sites for hydroxylation is 1. The van der Waals surface area contributed by atoms with Gasteiger partial charge in [0.1, 0.15) is 11.5 Å². The first-order chi connectivity index (χ1) is 15.4. The van der Waals surface area contributed by atoms with Crippen LogP contribution in [0.2, 0.25) is 0 Å². The van der Waals surface area contributed by atoms with Gasteiger partial charge in [-0.2, -0.15) is 4.31 Å². The van der Waals surface area contributed by atoms with Gasteiger partial charge >= 0.3 is 0 Å². The molecule has 2 aromatic rings. The van der Waals surface area contributed by atoms with Gasteiger partial charge in [-0.05, 0) is 54.8 Å². The number of morpholine rings is 1. The molecule has 174 valence electrons.